The van der Waals surface area contributed by atoms with E-state index in [0.717, 1.165) is 32.5 Å². The van der Waals surface area contributed by atoms with Crippen molar-refractivity contribution in [3.8, 4) is 0 Å². The molecule has 0 aliphatic carbocycles. The van der Waals surface area contributed by atoms with E-state index in [1.165, 1.54) is 0 Å². The van der Waals surface area contributed by atoms with Gasteiger partial charge in [0.25, 0.3) is 0 Å². The number of carboxylic acids is 1. The first-order chi connectivity index (χ1) is 7.56. The van der Waals surface area contributed by atoms with Crippen LogP contribution in [0.4, 0.5) is 0 Å². The first-order valence-electron chi connectivity index (χ1n) is 6.27. The number of hydrogen-bond donors (Lipinski definition) is 2. The molecule has 1 atom stereocenters. The number of aliphatic carboxylic acids is 1. The first kappa shape index (κ1) is 13.5. The van der Waals surface area contributed by atoms with Gasteiger partial charge in [0.2, 0.25) is 0 Å². The second-order valence-electron chi connectivity index (χ2n) is 4.70. The van der Waals surface area contributed by atoms with Crippen LogP contribution >= 0.6 is 0 Å². The molecular formula is C12H24N2O2. The van der Waals surface area contributed by atoms with E-state index in [1.807, 2.05) is 13.8 Å². The fraction of sp³-hybridized carbons (Fsp3) is 0.917. The summed E-state index contributed by atoms with van der Waals surface area (Å²) >= 11 is 0. The molecule has 0 aromatic carbocycles. The third-order valence-corrected chi connectivity index (χ3v) is 3.87. The molecule has 0 amide bonds. The predicted molar refractivity (Wildman–Crippen MR) is 64.6 cm³/mol. The Morgan fingerprint density at radius 2 is 2.00 bits per heavy atom. The van der Waals surface area contributed by atoms with Crippen LogP contribution < -0.4 is 5.32 Å². The van der Waals surface area contributed by atoms with Gasteiger partial charge in [-0.3, -0.25) is 9.69 Å². The van der Waals surface area contributed by atoms with Gasteiger partial charge in [-0.25, -0.2) is 0 Å². The van der Waals surface area contributed by atoms with Crippen molar-refractivity contribution in [1.82, 2.24) is 10.2 Å². The third-order valence-electron chi connectivity index (χ3n) is 3.87. The van der Waals surface area contributed by atoms with Crippen LogP contribution in [0.25, 0.3) is 0 Å². The molecule has 4 heteroatoms. The van der Waals surface area contributed by atoms with Gasteiger partial charge in [0.15, 0.2) is 0 Å². The molecule has 0 bridgehead atoms. The number of carbonyl (C=O) groups is 1. The highest BCUT2D eigenvalue weighted by atomic mass is 16.4. The molecule has 0 radical (unpaired) electrons. The summed E-state index contributed by atoms with van der Waals surface area (Å²) in [6.45, 7) is 8.67. The number of likely N-dealkylation sites (N-methyl/N-ethyl adjacent to an activating group) is 1. The van der Waals surface area contributed by atoms with E-state index in [1.54, 1.807) is 0 Å². The molecule has 2 N–H and O–H groups in total. The highest BCUT2D eigenvalue weighted by molar-refractivity contribution is 5.78. The van der Waals surface area contributed by atoms with Crippen LogP contribution in [0.3, 0.4) is 0 Å². The van der Waals surface area contributed by atoms with Gasteiger partial charge >= 0.3 is 5.97 Å². The zero-order valence-corrected chi connectivity index (χ0v) is 10.6. The van der Waals surface area contributed by atoms with Crippen LogP contribution in [0.2, 0.25) is 0 Å². The Balaban J connectivity index is 2.81. The van der Waals surface area contributed by atoms with Gasteiger partial charge in [-0.1, -0.05) is 13.8 Å². The number of rotatable bonds is 5. The van der Waals surface area contributed by atoms with Crippen molar-refractivity contribution < 1.29 is 9.90 Å². The van der Waals surface area contributed by atoms with E-state index in [0.29, 0.717) is 12.5 Å². The van der Waals surface area contributed by atoms with Gasteiger partial charge in [-0.15, -0.1) is 0 Å². The lowest BCUT2D eigenvalue weighted by Gasteiger charge is -2.43. The Hall–Kier alpha value is -0.610. The summed E-state index contributed by atoms with van der Waals surface area (Å²) in [4.78, 5) is 13.6. The number of nitrogens with one attached hydrogen (secondary N) is 1. The fourth-order valence-electron chi connectivity index (χ4n) is 2.61. The summed E-state index contributed by atoms with van der Waals surface area (Å²) < 4.78 is 0. The Labute approximate surface area is 98.0 Å². The van der Waals surface area contributed by atoms with E-state index >= 15 is 0 Å². The van der Waals surface area contributed by atoms with Crippen molar-refractivity contribution in [2.45, 2.75) is 51.6 Å². The second kappa shape index (κ2) is 5.64. The van der Waals surface area contributed by atoms with Gasteiger partial charge in [0.1, 0.15) is 5.54 Å². The Morgan fingerprint density at radius 1 is 1.44 bits per heavy atom. The van der Waals surface area contributed by atoms with Crippen molar-refractivity contribution in [3.05, 3.63) is 0 Å². The minimum atomic E-state index is -0.712. The molecular weight excluding hydrogens is 204 g/mol. The van der Waals surface area contributed by atoms with E-state index in [4.69, 9.17) is 0 Å². The van der Waals surface area contributed by atoms with Gasteiger partial charge in [0, 0.05) is 6.04 Å². The summed E-state index contributed by atoms with van der Waals surface area (Å²) in [5, 5.41) is 12.7. The predicted octanol–water partition coefficient (Wildman–Crippen LogP) is 1.31. The summed E-state index contributed by atoms with van der Waals surface area (Å²) in [6, 6.07) is 0.410. The van der Waals surface area contributed by atoms with Crippen LogP contribution in [0.1, 0.15) is 40.0 Å². The Bertz CT molecular complexity index is 239. The molecule has 1 aliphatic rings. The van der Waals surface area contributed by atoms with Crippen LogP contribution in [0.5, 0.6) is 0 Å². The zero-order chi connectivity index (χ0) is 12.2. The lowest BCUT2D eigenvalue weighted by atomic mass is 9.91. The lowest BCUT2D eigenvalue weighted by molar-refractivity contribution is -0.153. The molecule has 1 fully saturated rings. The second-order valence-corrected chi connectivity index (χ2v) is 4.70. The molecule has 1 rings (SSSR count). The standard InChI is InChI=1S/C12H24N2O2/c1-4-12(3,11(15)16)14(5-2)10-6-8-13-9-7-10/h10,13H,4-9H2,1-3H3,(H,15,16). The molecule has 0 aromatic heterocycles. The maximum absolute atomic E-state index is 11.4. The number of piperidine rings is 1. The number of hydrogen-bond acceptors (Lipinski definition) is 3. The van der Waals surface area contributed by atoms with Crippen molar-refractivity contribution in [3.63, 3.8) is 0 Å². The largest absolute Gasteiger partial charge is 0.480 e. The highest BCUT2D eigenvalue weighted by Crippen LogP contribution is 2.26. The van der Waals surface area contributed by atoms with Crippen LogP contribution in [-0.2, 0) is 4.79 Å². The molecule has 94 valence electrons. The number of nitrogens with zero attached hydrogens (tertiary/aromatic N) is 1. The van der Waals surface area contributed by atoms with Crippen molar-refractivity contribution in [2.24, 2.45) is 0 Å². The number of carboxylic acid groups (broad SMARTS) is 1. The van der Waals surface area contributed by atoms with Crippen molar-refractivity contribution in [1.29, 1.82) is 0 Å². The van der Waals surface area contributed by atoms with Crippen LogP contribution in [0, 0.1) is 0 Å². The third kappa shape index (κ3) is 2.55. The van der Waals surface area contributed by atoms with Crippen LogP contribution in [0.15, 0.2) is 0 Å². The molecule has 1 unspecified atom stereocenters. The lowest BCUT2D eigenvalue weighted by Crippen LogP contribution is -2.58. The summed E-state index contributed by atoms with van der Waals surface area (Å²) in [7, 11) is 0. The molecule has 0 saturated carbocycles. The van der Waals surface area contributed by atoms with Gasteiger partial charge in [-0.2, -0.15) is 0 Å². The first-order valence-corrected chi connectivity index (χ1v) is 6.27. The summed E-state index contributed by atoms with van der Waals surface area (Å²) in [5.74, 6) is -0.699. The monoisotopic (exact) mass is 228 g/mol. The quantitative estimate of drug-likeness (QED) is 0.745. The SMILES string of the molecule is CCN(C1CCNCC1)C(C)(CC)C(=O)O. The van der Waals surface area contributed by atoms with Crippen molar-refractivity contribution in [2.75, 3.05) is 19.6 Å². The van der Waals surface area contributed by atoms with Crippen molar-refractivity contribution >= 4 is 5.97 Å². The minimum absolute atomic E-state index is 0.410. The van der Waals surface area contributed by atoms with E-state index < -0.39 is 11.5 Å². The van der Waals surface area contributed by atoms with E-state index in [9.17, 15) is 9.90 Å². The molecule has 4 nitrogen and oxygen atoms in total. The van der Waals surface area contributed by atoms with Gasteiger partial charge in [-0.05, 0) is 45.8 Å². The zero-order valence-electron chi connectivity index (χ0n) is 10.6. The highest BCUT2D eigenvalue weighted by Gasteiger charge is 2.40. The van der Waals surface area contributed by atoms with Crippen LogP contribution in [-0.4, -0.2) is 47.2 Å². The average molecular weight is 228 g/mol. The summed E-state index contributed by atoms with van der Waals surface area (Å²) in [6.07, 6.45) is 2.76. The minimum Gasteiger partial charge on any atom is -0.480 e. The molecule has 0 spiro atoms. The van der Waals surface area contributed by atoms with Gasteiger partial charge < -0.3 is 10.4 Å². The summed E-state index contributed by atoms with van der Waals surface area (Å²) in [5.41, 5.74) is -0.712. The normalized spacial score (nSPS) is 22.0. The molecule has 1 aliphatic heterocycles. The Kier molecular flexibility index (Phi) is 4.74. The molecule has 1 heterocycles. The average Bonchev–Trinajstić information content (AvgIpc) is 2.30. The molecule has 1 saturated heterocycles. The Morgan fingerprint density at radius 3 is 2.38 bits per heavy atom. The van der Waals surface area contributed by atoms with E-state index in [2.05, 4.69) is 17.1 Å². The molecule has 0 aromatic rings. The fourth-order valence-corrected chi connectivity index (χ4v) is 2.61. The maximum Gasteiger partial charge on any atom is 0.323 e. The van der Waals surface area contributed by atoms with Gasteiger partial charge in [0.05, 0.1) is 0 Å². The topological polar surface area (TPSA) is 52.6 Å². The smallest absolute Gasteiger partial charge is 0.323 e. The van der Waals surface area contributed by atoms with E-state index in [-0.39, 0.29) is 0 Å². The maximum atomic E-state index is 11.4. The molecule has 16 heavy (non-hydrogen) atoms.